The van der Waals surface area contributed by atoms with Crippen LogP contribution < -0.4 is 14.4 Å². The first-order valence-corrected chi connectivity index (χ1v) is 14.5. The second-order valence-electron chi connectivity index (χ2n) is 8.49. The summed E-state index contributed by atoms with van der Waals surface area (Å²) in [4.78, 5) is 28.4. The lowest BCUT2D eigenvalue weighted by atomic mass is 10.1. The smallest absolute Gasteiger partial charge is 0.264 e. The van der Waals surface area contributed by atoms with Gasteiger partial charge in [0.05, 0.1) is 17.7 Å². The fourth-order valence-corrected chi connectivity index (χ4v) is 5.83. The maximum atomic E-state index is 13.9. The molecule has 0 heterocycles. The standard InChI is InChI=1S/C28H32BrN3O5S/c1-4-26(28(34)30-5-2)31(19-21-14-16-24(37-3)17-15-21)27(33)20-32(23-11-9-10-22(29)18-23)38(35,36)25-12-7-6-8-13-25/h6-18,26H,4-5,19-20H2,1-3H3,(H,30,34)/t26-/m0/s1. The van der Waals surface area contributed by atoms with Crippen LogP contribution in [0.3, 0.4) is 0 Å². The van der Waals surface area contributed by atoms with Crippen molar-refractivity contribution in [3.8, 4) is 5.75 Å². The van der Waals surface area contributed by atoms with Crippen LogP contribution in [-0.2, 0) is 26.2 Å². The average Bonchev–Trinajstić information content (AvgIpc) is 2.92. The van der Waals surface area contributed by atoms with E-state index >= 15 is 0 Å². The molecule has 0 fully saturated rings. The van der Waals surface area contributed by atoms with Gasteiger partial charge in [0, 0.05) is 17.6 Å². The Kier molecular flexibility index (Phi) is 10.3. The fraction of sp³-hybridized carbons (Fsp3) is 0.286. The van der Waals surface area contributed by atoms with Gasteiger partial charge in [-0.1, -0.05) is 59.3 Å². The summed E-state index contributed by atoms with van der Waals surface area (Å²) >= 11 is 3.40. The quantitative estimate of drug-likeness (QED) is 0.327. The number of hydrogen-bond donors (Lipinski definition) is 1. The van der Waals surface area contributed by atoms with Crippen molar-refractivity contribution < 1.29 is 22.7 Å². The van der Waals surface area contributed by atoms with E-state index in [-0.39, 0.29) is 17.3 Å². The first-order valence-electron chi connectivity index (χ1n) is 12.2. The Labute approximate surface area is 232 Å². The van der Waals surface area contributed by atoms with Crippen LogP contribution in [0.1, 0.15) is 25.8 Å². The Morgan fingerprint density at radius 3 is 2.24 bits per heavy atom. The zero-order chi connectivity index (χ0) is 27.7. The highest BCUT2D eigenvalue weighted by Crippen LogP contribution is 2.27. The molecule has 0 unspecified atom stereocenters. The number of nitrogens with one attached hydrogen (secondary N) is 1. The lowest BCUT2D eigenvalue weighted by molar-refractivity contribution is -0.140. The average molecular weight is 603 g/mol. The van der Waals surface area contributed by atoms with Crippen molar-refractivity contribution in [2.45, 2.75) is 37.8 Å². The molecule has 0 aromatic heterocycles. The van der Waals surface area contributed by atoms with E-state index in [0.717, 1.165) is 9.87 Å². The van der Waals surface area contributed by atoms with Crippen molar-refractivity contribution in [1.82, 2.24) is 10.2 Å². The molecule has 0 aliphatic carbocycles. The third-order valence-corrected chi connectivity index (χ3v) is 8.24. The van der Waals surface area contributed by atoms with Crippen LogP contribution in [0.4, 0.5) is 5.69 Å². The number of benzene rings is 3. The van der Waals surface area contributed by atoms with E-state index in [1.54, 1.807) is 61.7 Å². The van der Waals surface area contributed by atoms with Gasteiger partial charge in [0.25, 0.3) is 10.0 Å². The number of carbonyl (C=O) groups is 2. The number of amides is 2. The van der Waals surface area contributed by atoms with Crippen LogP contribution in [0, 0.1) is 0 Å². The Balaban J connectivity index is 2.04. The minimum atomic E-state index is -4.10. The van der Waals surface area contributed by atoms with E-state index in [2.05, 4.69) is 21.2 Å². The summed E-state index contributed by atoms with van der Waals surface area (Å²) in [6, 6.07) is 21.1. The maximum absolute atomic E-state index is 13.9. The molecule has 3 aromatic carbocycles. The molecule has 0 bridgehead atoms. The van der Waals surface area contributed by atoms with E-state index < -0.39 is 28.5 Å². The molecule has 2 amide bonds. The number of ether oxygens (including phenoxy) is 1. The zero-order valence-corrected chi connectivity index (χ0v) is 24.0. The van der Waals surface area contributed by atoms with Gasteiger partial charge in [-0.3, -0.25) is 13.9 Å². The SMILES string of the molecule is CCNC(=O)[C@H](CC)N(Cc1ccc(OC)cc1)C(=O)CN(c1cccc(Br)c1)S(=O)(=O)c1ccccc1. The zero-order valence-electron chi connectivity index (χ0n) is 21.6. The van der Waals surface area contributed by atoms with Gasteiger partial charge in [0.1, 0.15) is 18.3 Å². The van der Waals surface area contributed by atoms with Gasteiger partial charge < -0.3 is 15.0 Å². The molecular weight excluding hydrogens is 570 g/mol. The van der Waals surface area contributed by atoms with Crippen LogP contribution in [0.15, 0.2) is 88.2 Å². The molecule has 1 N–H and O–H groups in total. The number of carbonyl (C=O) groups excluding carboxylic acids is 2. The Hall–Kier alpha value is -3.37. The van der Waals surface area contributed by atoms with Gasteiger partial charge in [-0.05, 0) is 61.4 Å². The van der Waals surface area contributed by atoms with Crippen LogP contribution in [0.5, 0.6) is 5.75 Å². The number of hydrogen-bond acceptors (Lipinski definition) is 5. The van der Waals surface area contributed by atoms with Gasteiger partial charge in [-0.25, -0.2) is 8.42 Å². The molecule has 38 heavy (non-hydrogen) atoms. The minimum Gasteiger partial charge on any atom is -0.497 e. The Bertz CT molecular complexity index is 1330. The van der Waals surface area contributed by atoms with E-state index in [1.807, 2.05) is 26.0 Å². The van der Waals surface area contributed by atoms with Crippen molar-refractivity contribution in [2.75, 3.05) is 24.5 Å². The third-order valence-electron chi connectivity index (χ3n) is 5.96. The molecule has 0 radical (unpaired) electrons. The summed E-state index contributed by atoms with van der Waals surface area (Å²) in [6.45, 7) is 3.67. The molecule has 0 aliphatic heterocycles. The molecule has 0 aliphatic rings. The molecule has 202 valence electrons. The number of sulfonamides is 1. The fourth-order valence-electron chi connectivity index (χ4n) is 4.02. The molecule has 10 heteroatoms. The van der Waals surface area contributed by atoms with E-state index in [0.29, 0.717) is 28.9 Å². The summed E-state index contributed by atoms with van der Waals surface area (Å²) in [5, 5.41) is 2.79. The summed E-state index contributed by atoms with van der Waals surface area (Å²) in [7, 11) is -2.53. The lowest BCUT2D eigenvalue weighted by Gasteiger charge is -2.33. The van der Waals surface area contributed by atoms with Crippen LogP contribution in [-0.4, -0.2) is 51.4 Å². The number of likely N-dealkylation sites (N-methyl/N-ethyl adjacent to an activating group) is 1. The molecule has 8 nitrogen and oxygen atoms in total. The monoisotopic (exact) mass is 601 g/mol. The highest BCUT2D eigenvalue weighted by atomic mass is 79.9. The number of anilines is 1. The van der Waals surface area contributed by atoms with Gasteiger partial charge in [0.2, 0.25) is 11.8 Å². The highest BCUT2D eigenvalue weighted by molar-refractivity contribution is 9.10. The van der Waals surface area contributed by atoms with Gasteiger partial charge in [0.15, 0.2) is 0 Å². The molecule has 0 saturated carbocycles. The number of methoxy groups -OCH3 is 1. The first kappa shape index (κ1) is 29.2. The summed E-state index contributed by atoms with van der Waals surface area (Å²) in [5.74, 6) is -0.132. The predicted molar refractivity (Wildman–Crippen MR) is 151 cm³/mol. The molecule has 1 atom stereocenters. The normalized spacial score (nSPS) is 11.9. The molecule has 0 saturated heterocycles. The van der Waals surface area contributed by atoms with Crippen molar-refractivity contribution in [3.05, 3.63) is 88.9 Å². The van der Waals surface area contributed by atoms with Gasteiger partial charge in [-0.2, -0.15) is 0 Å². The molecule has 3 aromatic rings. The van der Waals surface area contributed by atoms with Crippen LogP contribution in [0.2, 0.25) is 0 Å². The van der Waals surface area contributed by atoms with Gasteiger partial charge >= 0.3 is 0 Å². The van der Waals surface area contributed by atoms with Crippen molar-refractivity contribution in [1.29, 1.82) is 0 Å². The largest absolute Gasteiger partial charge is 0.497 e. The predicted octanol–water partition coefficient (Wildman–Crippen LogP) is 4.60. The first-order chi connectivity index (χ1) is 18.2. The second kappa shape index (κ2) is 13.4. The number of halogens is 1. The minimum absolute atomic E-state index is 0.0604. The molecule has 0 spiro atoms. The van der Waals surface area contributed by atoms with E-state index in [1.165, 1.54) is 17.0 Å². The summed E-state index contributed by atoms with van der Waals surface area (Å²) in [6.07, 6.45) is 0.357. The van der Waals surface area contributed by atoms with Crippen LogP contribution >= 0.6 is 15.9 Å². The van der Waals surface area contributed by atoms with E-state index in [9.17, 15) is 18.0 Å². The number of nitrogens with zero attached hydrogens (tertiary/aromatic N) is 2. The Morgan fingerprint density at radius 1 is 0.974 bits per heavy atom. The van der Waals surface area contributed by atoms with Crippen molar-refractivity contribution in [3.63, 3.8) is 0 Å². The Morgan fingerprint density at radius 2 is 1.66 bits per heavy atom. The topological polar surface area (TPSA) is 96.0 Å². The summed E-state index contributed by atoms with van der Waals surface area (Å²) in [5.41, 5.74) is 1.11. The summed E-state index contributed by atoms with van der Waals surface area (Å²) < 4.78 is 34.5. The second-order valence-corrected chi connectivity index (χ2v) is 11.3. The highest BCUT2D eigenvalue weighted by Gasteiger charge is 2.33. The maximum Gasteiger partial charge on any atom is 0.264 e. The van der Waals surface area contributed by atoms with Crippen LogP contribution in [0.25, 0.3) is 0 Å². The van der Waals surface area contributed by atoms with Crippen molar-refractivity contribution in [2.24, 2.45) is 0 Å². The third kappa shape index (κ3) is 7.14. The van der Waals surface area contributed by atoms with Gasteiger partial charge in [-0.15, -0.1) is 0 Å². The lowest BCUT2D eigenvalue weighted by Crippen LogP contribution is -2.52. The molecular formula is C28H32BrN3O5S. The molecule has 3 rings (SSSR count). The van der Waals surface area contributed by atoms with E-state index in [4.69, 9.17) is 4.74 Å². The van der Waals surface area contributed by atoms with Crippen molar-refractivity contribution >= 4 is 43.5 Å². The number of rotatable bonds is 12.